The van der Waals surface area contributed by atoms with Gasteiger partial charge in [-0.05, 0) is 36.5 Å². The molecule has 2 unspecified atom stereocenters. The maximum Gasteiger partial charge on any atom is 0.0233 e. The average Bonchev–Trinajstić information content (AvgIpc) is 2.77. The first-order valence-electron chi connectivity index (χ1n) is 5.55. The predicted molar refractivity (Wildman–Crippen MR) is 67.9 cm³/mol. The predicted octanol–water partition coefficient (Wildman–Crippen LogP) is 3.68. The van der Waals surface area contributed by atoms with Crippen LogP contribution in [-0.4, -0.2) is 5.54 Å². The lowest BCUT2D eigenvalue weighted by Crippen LogP contribution is -2.26. The van der Waals surface area contributed by atoms with Crippen molar-refractivity contribution >= 4 is 15.9 Å². The lowest BCUT2D eigenvalue weighted by Gasteiger charge is -2.14. The lowest BCUT2D eigenvalue weighted by atomic mass is 9.98. The van der Waals surface area contributed by atoms with E-state index in [-0.39, 0.29) is 5.54 Å². The van der Waals surface area contributed by atoms with E-state index in [9.17, 15) is 0 Å². The molecule has 1 aliphatic rings. The van der Waals surface area contributed by atoms with Crippen molar-refractivity contribution < 1.29 is 0 Å². The molecule has 2 N–H and O–H groups in total. The van der Waals surface area contributed by atoms with Gasteiger partial charge >= 0.3 is 0 Å². The summed E-state index contributed by atoms with van der Waals surface area (Å²) in [5.74, 6) is 1.27. The zero-order valence-corrected chi connectivity index (χ0v) is 10.9. The number of rotatable bonds is 3. The Morgan fingerprint density at radius 2 is 2.00 bits per heavy atom. The molecule has 0 bridgehead atoms. The zero-order chi connectivity index (χ0) is 11.1. The summed E-state index contributed by atoms with van der Waals surface area (Å²) in [6.45, 7) is 4.48. The van der Waals surface area contributed by atoms with E-state index in [0.717, 1.165) is 17.3 Å². The SMILES string of the molecule is CC(C)CC1(N)CC1c1ccc(Br)cc1. The summed E-state index contributed by atoms with van der Waals surface area (Å²) in [5, 5.41) is 0. The molecule has 2 atom stereocenters. The first-order valence-corrected chi connectivity index (χ1v) is 6.35. The van der Waals surface area contributed by atoms with Crippen LogP contribution in [0.5, 0.6) is 0 Å². The van der Waals surface area contributed by atoms with Crippen LogP contribution in [0.4, 0.5) is 0 Å². The molecule has 2 heteroatoms. The number of hydrogen-bond acceptors (Lipinski definition) is 1. The molecular weight excluding hydrogens is 250 g/mol. The third-order valence-corrected chi connectivity index (χ3v) is 3.71. The standard InChI is InChI=1S/C13H18BrN/c1-9(2)7-13(15)8-12(13)10-3-5-11(14)6-4-10/h3-6,9,12H,7-8,15H2,1-2H3. The number of nitrogens with two attached hydrogens (primary N) is 1. The fourth-order valence-electron chi connectivity index (χ4n) is 2.45. The fraction of sp³-hybridized carbons (Fsp3) is 0.538. The second-order valence-electron chi connectivity index (χ2n) is 5.14. The summed E-state index contributed by atoms with van der Waals surface area (Å²) in [4.78, 5) is 0. The van der Waals surface area contributed by atoms with Crippen molar-refractivity contribution in [3.63, 3.8) is 0 Å². The van der Waals surface area contributed by atoms with E-state index in [0.29, 0.717) is 11.8 Å². The Morgan fingerprint density at radius 3 is 2.53 bits per heavy atom. The van der Waals surface area contributed by atoms with Crippen LogP contribution in [0.2, 0.25) is 0 Å². The first kappa shape index (κ1) is 11.2. The van der Waals surface area contributed by atoms with Gasteiger partial charge in [0.1, 0.15) is 0 Å². The normalized spacial score (nSPS) is 29.5. The van der Waals surface area contributed by atoms with E-state index in [1.807, 2.05) is 0 Å². The average molecular weight is 268 g/mol. The van der Waals surface area contributed by atoms with Gasteiger partial charge < -0.3 is 5.73 Å². The van der Waals surface area contributed by atoms with E-state index in [4.69, 9.17) is 5.73 Å². The second-order valence-corrected chi connectivity index (χ2v) is 6.06. The molecule has 82 valence electrons. The quantitative estimate of drug-likeness (QED) is 0.889. The number of halogens is 1. The van der Waals surface area contributed by atoms with Crippen LogP contribution < -0.4 is 5.73 Å². The van der Waals surface area contributed by atoms with Gasteiger partial charge in [0.05, 0.1) is 0 Å². The minimum absolute atomic E-state index is 0.0714. The summed E-state index contributed by atoms with van der Waals surface area (Å²) >= 11 is 3.45. The highest BCUT2D eigenvalue weighted by Gasteiger charge is 2.51. The Labute approximate surface area is 100 Å². The van der Waals surface area contributed by atoms with Crippen LogP contribution in [-0.2, 0) is 0 Å². The van der Waals surface area contributed by atoms with Gasteiger partial charge in [0.15, 0.2) is 0 Å². The summed E-state index contributed by atoms with van der Waals surface area (Å²) in [7, 11) is 0. The maximum absolute atomic E-state index is 6.35. The highest BCUT2D eigenvalue weighted by Crippen LogP contribution is 2.52. The van der Waals surface area contributed by atoms with Gasteiger partial charge in [-0.1, -0.05) is 41.9 Å². The van der Waals surface area contributed by atoms with Gasteiger partial charge in [-0.2, -0.15) is 0 Å². The van der Waals surface area contributed by atoms with Crippen LogP contribution in [0.3, 0.4) is 0 Å². The zero-order valence-electron chi connectivity index (χ0n) is 9.33. The number of hydrogen-bond donors (Lipinski definition) is 1. The fourth-order valence-corrected chi connectivity index (χ4v) is 2.72. The highest BCUT2D eigenvalue weighted by atomic mass is 79.9. The van der Waals surface area contributed by atoms with Crippen LogP contribution in [0.15, 0.2) is 28.7 Å². The molecule has 1 saturated carbocycles. The molecule has 1 aliphatic carbocycles. The molecule has 0 aromatic heterocycles. The van der Waals surface area contributed by atoms with Crippen molar-refractivity contribution in [3.05, 3.63) is 34.3 Å². The molecule has 1 aromatic rings. The van der Waals surface area contributed by atoms with Gasteiger partial charge in [0.2, 0.25) is 0 Å². The Kier molecular flexibility index (Phi) is 2.91. The first-order chi connectivity index (χ1) is 7.01. The molecule has 1 aromatic carbocycles. The van der Waals surface area contributed by atoms with E-state index in [1.54, 1.807) is 0 Å². The molecule has 0 radical (unpaired) electrons. The van der Waals surface area contributed by atoms with Gasteiger partial charge in [0.25, 0.3) is 0 Å². The Balaban J connectivity index is 2.06. The molecule has 0 spiro atoms. The van der Waals surface area contributed by atoms with E-state index in [2.05, 4.69) is 54.0 Å². The van der Waals surface area contributed by atoms with Gasteiger partial charge in [-0.3, -0.25) is 0 Å². The third kappa shape index (κ3) is 2.43. The Bertz CT molecular complexity index is 344. The van der Waals surface area contributed by atoms with Crippen molar-refractivity contribution in [2.45, 2.75) is 38.1 Å². The van der Waals surface area contributed by atoms with Gasteiger partial charge in [-0.25, -0.2) is 0 Å². The van der Waals surface area contributed by atoms with Crippen LogP contribution in [0.1, 0.15) is 38.2 Å². The topological polar surface area (TPSA) is 26.0 Å². The van der Waals surface area contributed by atoms with Gasteiger partial charge in [0, 0.05) is 15.9 Å². The second kappa shape index (κ2) is 3.91. The molecular formula is C13H18BrN. The molecule has 0 aliphatic heterocycles. The molecule has 2 rings (SSSR count). The van der Waals surface area contributed by atoms with Crippen molar-refractivity contribution in [3.8, 4) is 0 Å². The van der Waals surface area contributed by atoms with Crippen LogP contribution in [0.25, 0.3) is 0 Å². The lowest BCUT2D eigenvalue weighted by molar-refractivity contribution is 0.474. The van der Waals surface area contributed by atoms with Crippen LogP contribution in [0, 0.1) is 5.92 Å². The van der Waals surface area contributed by atoms with Crippen molar-refractivity contribution in [1.29, 1.82) is 0 Å². The summed E-state index contributed by atoms with van der Waals surface area (Å²) in [5.41, 5.74) is 7.81. The largest absolute Gasteiger partial charge is 0.325 e. The minimum Gasteiger partial charge on any atom is -0.325 e. The molecule has 15 heavy (non-hydrogen) atoms. The highest BCUT2D eigenvalue weighted by molar-refractivity contribution is 9.10. The monoisotopic (exact) mass is 267 g/mol. The maximum atomic E-state index is 6.35. The van der Waals surface area contributed by atoms with E-state index < -0.39 is 0 Å². The van der Waals surface area contributed by atoms with E-state index >= 15 is 0 Å². The van der Waals surface area contributed by atoms with Crippen molar-refractivity contribution in [2.75, 3.05) is 0 Å². The molecule has 1 nitrogen and oxygen atoms in total. The third-order valence-electron chi connectivity index (χ3n) is 3.18. The molecule has 0 saturated heterocycles. The molecule has 0 heterocycles. The van der Waals surface area contributed by atoms with E-state index in [1.165, 1.54) is 5.56 Å². The number of benzene rings is 1. The Morgan fingerprint density at radius 1 is 1.40 bits per heavy atom. The van der Waals surface area contributed by atoms with Crippen LogP contribution >= 0.6 is 15.9 Å². The Hall–Kier alpha value is -0.340. The summed E-state index contributed by atoms with van der Waals surface area (Å²) in [6.07, 6.45) is 2.28. The van der Waals surface area contributed by atoms with Crippen molar-refractivity contribution in [1.82, 2.24) is 0 Å². The smallest absolute Gasteiger partial charge is 0.0233 e. The molecule has 1 fully saturated rings. The van der Waals surface area contributed by atoms with Crippen molar-refractivity contribution in [2.24, 2.45) is 11.7 Å². The minimum atomic E-state index is 0.0714. The summed E-state index contributed by atoms with van der Waals surface area (Å²) < 4.78 is 1.14. The summed E-state index contributed by atoms with van der Waals surface area (Å²) in [6, 6.07) is 8.57. The van der Waals surface area contributed by atoms with Gasteiger partial charge in [-0.15, -0.1) is 0 Å². The molecule has 0 amide bonds.